The molecule has 1 aromatic carbocycles. The van der Waals surface area contributed by atoms with E-state index < -0.39 is 5.97 Å². The Bertz CT molecular complexity index is 443. The van der Waals surface area contributed by atoms with E-state index in [1.54, 1.807) is 0 Å². The van der Waals surface area contributed by atoms with Crippen LogP contribution in [0.2, 0.25) is 0 Å². The first-order chi connectivity index (χ1) is 9.49. The van der Waals surface area contributed by atoms with Gasteiger partial charge in [-0.1, -0.05) is 36.8 Å². The van der Waals surface area contributed by atoms with Gasteiger partial charge in [-0.15, -0.1) is 0 Å². The average Bonchev–Trinajstić information content (AvgIpc) is 2.41. The van der Waals surface area contributed by atoms with E-state index in [9.17, 15) is 9.59 Å². The van der Waals surface area contributed by atoms with E-state index in [1.807, 2.05) is 6.92 Å². The lowest BCUT2D eigenvalue weighted by Crippen LogP contribution is -2.38. The molecule has 0 fully saturated rings. The zero-order valence-corrected chi connectivity index (χ0v) is 12.0. The molecular formula is C15H22N2O3. The lowest BCUT2D eigenvalue weighted by molar-refractivity contribution is -0.137. The van der Waals surface area contributed by atoms with Gasteiger partial charge in [-0.3, -0.25) is 4.79 Å². The summed E-state index contributed by atoms with van der Waals surface area (Å²) < 4.78 is 0. The minimum atomic E-state index is -0.847. The first-order valence-corrected chi connectivity index (χ1v) is 6.79. The van der Waals surface area contributed by atoms with Gasteiger partial charge in [-0.25, -0.2) is 4.79 Å². The summed E-state index contributed by atoms with van der Waals surface area (Å²) in [5.74, 6) is -0.611. The number of aliphatic carboxylic acids is 1. The van der Waals surface area contributed by atoms with Crippen LogP contribution in [0.1, 0.15) is 36.8 Å². The van der Waals surface area contributed by atoms with Crippen LogP contribution < -0.4 is 10.6 Å². The van der Waals surface area contributed by atoms with E-state index in [1.165, 1.54) is 11.1 Å². The lowest BCUT2D eigenvalue weighted by atomic mass is 10.0. The number of hydrogen-bond acceptors (Lipinski definition) is 2. The number of amides is 2. The van der Waals surface area contributed by atoms with Crippen LogP contribution in [0.3, 0.4) is 0 Å². The fourth-order valence-corrected chi connectivity index (χ4v) is 1.76. The Morgan fingerprint density at radius 3 is 2.45 bits per heavy atom. The maximum atomic E-state index is 11.5. The second-order valence-corrected chi connectivity index (χ2v) is 4.95. The minimum absolute atomic E-state index is 0.0695. The Hall–Kier alpha value is -2.04. The molecule has 0 radical (unpaired) electrons. The summed E-state index contributed by atoms with van der Waals surface area (Å²) in [6.45, 7) is 5.01. The zero-order valence-electron chi connectivity index (χ0n) is 12.0. The summed E-state index contributed by atoms with van der Waals surface area (Å²) in [4.78, 5) is 21.8. The predicted octanol–water partition coefficient (Wildman–Crippen LogP) is 2.26. The maximum absolute atomic E-state index is 11.5. The van der Waals surface area contributed by atoms with Crippen LogP contribution in [0.25, 0.3) is 0 Å². The Balaban J connectivity index is 2.23. The molecular weight excluding hydrogens is 256 g/mol. The van der Waals surface area contributed by atoms with Gasteiger partial charge in [0, 0.05) is 19.5 Å². The summed E-state index contributed by atoms with van der Waals surface area (Å²) in [5, 5.41) is 13.9. The normalized spacial score (nSPS) is 11.7. The fourth-order valence-electron chi connectivity index (χ4n) is 1.76. The number of carboxylic acids is 1. The van der Waals surface area contributed by atoms with Gasteiger partial charge in [-0.2, -0.15) is 0 Å². The van der Waals surface area contributed by atoms with Gasteiger partial charge in [0.05, 0.1) is 0 Å². The van der Waals surface area contributed by atoms with Gasteiger partial charge < -0.3 is 15.7 Å². The number of aryl methyl sites for hydroxylation is 1. The van der Waals surface area contributed by atoms with Gasteiger partial charge in [0.15, 0.2) is 0 Å². The van der Waals surface area contributed by atoms with Gasteiger partial charge >= 0.3 is 12.0 Å². The fraction of sp³-hybridized carbons (Fsp3) is 0.467. The molecule has 0 bridgehead atoms. The third-order valence-electron chi connectivity index (χ3n) is 3.07. The maximum Gasteiger partial charge on any atom is 0.314 e. The monoisotopic (exact) mass is 278 g/mol. The first-order valence-electron chi connectivity index (χ1n) is 6.79. The molecule has 1 aromatic rings. The van der Waals surface area contributed by atoms with Crippen LogP contribution in [0.5, 0.6) is 0 Å². The van der Waals surface area contributed by atoms with Gasteiger partial charge in [-0.05, 0) is 24.8 Å². The number of hydrogen-bond donors (Lipinski definition) is 3. The van der Waals surface area contributed by atoms with Crippen molar-refractivity contribution in [3.05, 3.63) is 35.4 Å². The predicted molar refractivity (Wildman–Crippen MR) is 77.9 cm³/mol. The molecule has 0 aliphatic heterocycles. The molecule has 20 heavy (non-hydrogen) atoms. The first kappa shape index (κ1) is 16.0. The second-order valence-electron chi connectivity index (χ2n) is 4.95. The average molecular weight is 278 g/mol. The molecule has 1 atom stereocenters. The SMILES string of the molecule is Cc1ccc(C(C)CNC(=O)NCCCC(=O)O)cc1. The molecule has 1 unspecified atom stereocenters. The molecule has 0 aliphatic carbocycles. The minimum Gasteiger partial charge on any atom is -0.481 e. The molecule has 0 aromatic heterocycles. The van der Waals surface area contributed by atoms with Crippen molar-refractivity contribution in [2.45, 2.75) is 32.6 Å². The van der Waals surface area contributed by atoms with E-state index in [2.05, 4.69) is 41.8 Å². The molecule has 0 saturated carbocycles. The van der Waals surface area contributed by atoms with E-state index in [4.69, 9.17) is 5.11 Å². The van der Waals surface area contributed by atoms with Crippen molar-refractivity contribution in [2.75, 3.05) is 13.1 Å². The molecule has 0 spiro atoms. The molecule has 0 heterocycles. The van der Waals surface area contributed by atoms with Crippen LogP contribution >= 0.6 is 0 Å². The summed E-state index contributed by atoms with van der Waals surface area (Å²) in [7, 11) is 0. The molecule has 2 amide bonds. The third-order valence-corrected chi connectivity index (χ3v) is 3.07. The summed E-state index contributed by atoms with van der Waals surface area (Å²) in [5.41, 5.74) is 2.40. The van der Waals surface area contributed by atoms with E-state index in [0.29, 0.717) is 19.5 Å². The van der Waals surface area contributed by atoms with Crippen LogP contribution in [0.15, 0.2) is 24.3 Å². The molecule has 5 heteroatoms. The van der Waals surface area contributed by atoms with E-state index >= 15 is 0 Å². The zero-order chi connectivity index (χ0) is 15.0. The number of nitrogens with one attached hydrogen (secondary N) is 2. The highest BCUT2D eigenvalue weighted by molar-refractivity contribution is 5.74. The van der Waals surface area contributed by atoms with Crippen LogP contribution in [0, 0.1) is 6.92 Å². The van der Waals surface area contributed by atoms with Gasteiger partial charge in [0.1, 0.15) is 0 Å². The third kappa shape index (κ3) is 6.22. The number of carboxylic acid groups (broad SMARTS) is 1. The molecule has 0 saturated heterocycles. The van der Waals surface area contributed by atoms with Gasteiger partial charge in [0.25, 0.3) is 0 Å². The topological polar surface area (TPSA) is 78.4 Å². The smallest absolute Gasteiger partial charge is 0.314 e. The van der Waals surface area contributed by atoms with Crippen LogP contribution in [-0.4, -0.2) is 30.2 Å². The summed E-state index contributed by atoms with van der Waals surface area (Å²) in [6.07, 6.45) is 0.510. The molecule has 110 valence electrons. The quantitative estimate of drug-likeness (QED) is 0.669. The summed E-state index contributed by atoms with van der Waals surface area (Å²) in [6, 6.07) is 7.98. The molecule has 5 nitrogen and oxygen atoms in total. The number of urea groups is 1. The van der Waals surface area contributed by atoms with Crippen molar-refractivity contribution in [1.29, 1.82) is 0 Å². The Morgan fingerprint density at radius 2 is 1.85 bits per heavy atom. The Kier molecular flexibility index (Phi) is 6.56. The van der Waals surface area contributed by atoms with Crippen molar-refractivity contribution in [3.63, 3.8) is 0 Å². The van der Waals surface area contributed by atoms with Crippen molar-refractivity contribution in [2.24, 2.45) is 0 Å². The highest BCUT2D eigenvalue weighted by Crippen LogP contribution is 2.14. The number of rotatable bonds is 7. The Morgan fingerprint density at radius 1 is 1.20 bits per heavy atom. The standard InChI is InChI=1S/C15H22N2O3/c1-11-5-7-13(8-6-11)12(2)10-17-15(20)16-9-3-4-14(18)19/h5-8,12H,3-4,9-10H2,1-2H3,(H,18,19)(H2,16,17,20). The highest BCUT2D eigenvalue weighted by atomic mass is 16.4. The molecule has 0 aliphatic rings. The molecule has 3 N–H and O–H groups in total. The van der Waals surface area contributed by atoms with Crippen molar-refractivity contribution >= 4 is 12.0 Å². The largest absolute Gasteiger partial charge is 0.481 e. The number of carbonyl (C=O) groups excluding carboxylic acids is 1. The lowest BCUT2D eigenvalue weighted by Gasteiger charge is -2.14. The summed E-state index contributed by atoms with van der Waals surface area (Å²) >= 11 is 0. The van der Waals surface area contributed by atoms with Crippen molar-refractivity contribution in [1.82, 2.24) is 10.6 Å². The van der Waals surface area contributed by atoms with Crippen LogP contribution in [0.4, 0.5) is 4.79 Å². The number of benzene rings is 1. The van der Waals surface area contributed by atoms with Gasteiger partial charge in [0.2, 0.25) is 0 Å². The Labute approximate surface area is 119 Å². The number of carbonyl (C=O) groups is 2. The van der Waals surface area contributed by atoms with Crippen molar-refractivity contribution in [3.8, 4) is 0 Å². The highest BCUT2D eigenvalue weighted by Gasteiger charge is 2.07. The molecule has 1 rings (SSSR count). The second kappa shape index (κ2) is 8.19. The van der Waals surface area contributed by atoms with E-state index in [0.717, 1.165) is 0 Å². The van der Waals surface area contributed by atoms with E-state index in [-0.39, 0.29) is 18.4 Å². The van der Waals surface area contributed by atoms with Crippen LogP contribution in [-0.2, 0) is 4.79 Å². The van der Waals surface area contributed by atoms with Crippen molar-refractivity contribution < 1.29 is 14.7 Å².